The van der Waals surface area contributed by atoms with Crippen molar-refractivity contribution in [1.82, 2.24) is 4.90 Å². The minimum Gasteiger partial charge on any atom is -0.378 e. The lowest BCUT2D eigenvalue weighted by Gasteiger charge is -2.52. The van der Waals surface area contributed by atoms with Gasteiger partial charge >= 0.3 is 0 Å². The summed E-state index contributed by atoms with van der Waals surface area (Å²) < 4.78 is 5.98. The maximum Gasteiger partial charge on any atom is 0.0593 e. The van der Waals surface area contributed by atoms with Crippen LogP contribution in [-0.4, -0.2) is 36.2 Å². The number of rotatable bonds is 4. The van der Waals surface area contributed by atoms with Crippen LogP contribution in [0, 0.1) is 0 Å². The molecule has 4 heteroatoms. The Hall–Kier alpha value is -0.420. The molecule has 3 atom stereocenters. The van der Waals surface area contributed by atoms with Crippen molar-refractivity contribution in [2.45, 2.75) is 63.6 Å². The van der Waals surface area contributed by atoms with E-state index in [9.17, 15) is 0 Å². The number of nitrogens with zero attached hydrogens (tertiary/aromatic N) is 1. The molecule has 0 bridgehead atoms. The first kappa shape index (κ1) is 15.5. The highest BCUT2D eigenvalue weighted by Gasteiger charge is 2.44. The molecule has 1 aromatic heterocycles. The van der Waals surface area contributed by atoms with Gasteiger partial charge in [0.2, 0.25) is 0 Å². The van der Waals surface area contributed by atoms with Gasteiger partial charge in [-0.25, -0.2) is 0 Å². The molecule has 1 fully saturated rings. The topological polar surface area (TPSA) is 38.5 Å². The van der Waals surface area contributed by atoms with Crippen LogP contribution in [0.25, 0.3) is 0 Å². The van der Waals surface area contributed by atoms with Crippen molar-refractivity contribution in [3.63, 3.8) is 0 Å². The van der Waals surface area contributed by atoms with Crippen LogP contribution >= 0.6 is 11.3 Å². The first-order valence-corrected chi connectivity index (χ1v) is 9.23. The summed E-state index contributed by atoms with van der Waals surface area (Å²) in [6.07, 6.45) is 6.10. The minimum atomic E-state index is 0.136. The largest absolute Gasteiger partial charge is 0.378 e. The van der Waals surface area contributed by atoms with E-state index in [0.29, 0.717) is 12.1 Å². The van der Waals surface area contributed by atoms with Gasteiger partial charge in [-0.2, -0.15) is 0 Å². The van der Waals surface area contributed by atoms with E-state index in [1.807, 2.05) is 11.3 Å². The smallest absolute Gasteiger partial charge is 0.0593 e. The summed E-state index contributed by atoms with van der Waals surface area (Å²) in [7, 11) is 0. The summed E-state index contributed by atoms with van der Waals surface area (Å²) in [5.74, 6) is 0. The number of thiophene rings is 1. The second-order valence-corrected chi connectivity index (χ2v) is 7.58. The zero-order chi connectivity index (χ0) is 14.9. The van der Waals surface area contributed by atoms with Crippen molar-refractivity contribution in [2.24, 2.45) is 5.73 Å². The highest BCUT2D eigenvalue weighted by molar-refractivity contribution is 7.10. The fraction of sp³-hybridized carbons (Fsp3) is 0.765. The maximum absolute atomic E-state index is 6.29. The fourth-order valence-electron chi connectivity index (χ4n) is 4.23. The van der Waals surface area contributed by atoms with Crippen LogP contribution in [0.3, 0.4) is 0 Å². The Bertz CT molecular complexity index is 473. The zero-order valence-electron chi connectivity index (χ0n) is 13.3. The van der Waals surface area contributed by atoms with Gasteiger partial charge in [0.05, 0.1) is 6.10 Å². The molecule has 2 N–H and O–H groups in total. The van der Waals surface area contributed by atoms with Gasteiger partial charge in [-0.15, -0.1) is 11.3 Å². The lowest BCUT2D eigenvalue weighted by molar-refractivity contribution is -0.0867. The third-order valence-corrected chi connectivity index (χ3v) is 6.40. The second kappa shape index (κ2) is 6.37. The number of ether oxygens (including phenoxy) is 1. The average Bonchev–Trinajstić information content (AvgIpc) is 2.97. The van der Waals surface area contributed by atoms with Gasteiger partial charge in [0.15, 0.2) is 0 Å². The molecule has 0 spiro atoms. The molecular weight excluding hydrogens is 280 g/mol. The molecule has 3 unspecified atom stereocenters. The maximum atomic E-state index is 6.29. The lowest BCUT2D eigenvalue weighted by atomic mass is 9.81. The Morgan fingerprint density at radius 3 is 3.14 bits per heavy atom. The zero-order valence-corrected chi connectivity index (χ0v) is 14.1. The molecule has 2 aliphatic rings. The molecule has 0 radical (unpaired) electrons. The predicted molar refractivity (Wildman–Crippen MR) is 88.8 cm³/mol. The third-order valence-electron chi connectivity index (χ3n) is 5.41. The summed E-state index contributed by atoms with van der Waals surface area (Å²) in [4.78, 5) is 4.26. The first-order valence-electron chi connectivity index (χ1n) is 8.35. The van der Waals surface area contributed by atoms with Gasteiger partial charge < -0.3 is 10.5 Å². The molecular formula is C17H28N2OS. The van der Waals surface area contributed by atoms with E-state index < -0.39 is 0 Å². The Morgan fingerprint density at radius 2 is 2.38 bits per heavy atom. The molecule has 118 valence electrons. The number of hydrogen-bond donors (Lipinski definition) is 1. The molecule has 3 rings (SSSR count). The Kier molecular flexibility index (Phi) is 4.69. The van der Waals surface area contributed by atoms with Crippen molar-refractivity contribution in [1.29, 1.82) is 0 Å². The standard InChI is InChI=1S/C17H28N2OS/c1-3-4-14-11-17(12-18,7-9-20-14)19-8-5-16-15(13(19)2)6-10-21-16/h6,10,13-14H,3-5,7-9,11-12,18H2,1-2H3. The molecule has 3 heterocycles. The van der Waals surface area contributed by atoms with Crippen LogP contribution in [0.5, 0.6) is 0 Å². The fourth-order valence-corrected chi connectivity index (χ4v) is 5.19. The minimum absolute atomic E-state index is 0.136. The van der Waals surface area contributed by atoms with Crippen LogP contribution < -0.4 is 5.73 Å². The highest BCUT2D eigenvalue weighted by atomic mass is 32.1. The van der Waals surface area contributed by atoms with Crippen molar-refractivity contribution >= 4 is 11.3 Å². The number of fused-ring (bicyclic) bond motifs is 1. The van der Waals surface area contributed by atoms with Crippen LogP contribution in [0.2, 0.25) is 0 Å². The lowest BCUT2D eigenvalue weighted by Crippen LogP contribution is -2.60. The molecule has 21 heavy (non-hydrogen) atoms. The van der Waals surface area contributed by atoms with Crippen LogP contribution in [0.4, 0.5) is 0 Å². The Balaban J connectivity index is 1.83. The normalized spacial score (nSPS) is 33.9. The van der Waals surface area contributed by atoms with Gasteiger partial charge in [-0.1, -0.05) is 13.3 Å². The van der Waals surface area contributed by atoms with Gasteiger partial charge in [0.25, 0.3) is 0 Å². The van der Waals surface area contributed by atoms with Crippen molar-refractivity contribution in [3.8, 4) is 0 Å². The second-order valence-electron chi connectivity index (χ2n) is 6.58. The molecule has 1 aromatic rings. The van der Waals surface area contributed by atoms with E-state index in [2.05, 4.69) is 30.2 Å². The Morgan fingerprint density at radius 1 is 1.52 bits per heavy atom. The summed E-state index contributed by atoms with van der Waals surface area (Å²) in [5.41, 5.74) is 7.95. The van der Waals surface area contributed by atoms with E-state index in [1.165, 1.54) is 18.4 Å². The van der Waals surface area contributed by atoms with E-state index in [1.54, 1.807) is 4.88 Å². The van der Waals surface area contributed by atoms with E-state index >= 15 is 0 Å². The van der Waals surface area contributed by atoms with Gasteiger partial charge in [0.1, 0.15) is 0 Å². The SMILES string of the molecule is CCCC1CC(CN)(N2CCc3sccc3C2C)CCO1. The third kappa shape index (κ3) is 2.79. The van der Waals surface area contributed by atoms with E-state index in [0.717, 1.165) is 39.0 Å². The summed E-state index contributed by atoms with van der Waals surface area (Å²) >= 11 is 1.91. The summed E-state index contributed by atoms with van der Waals surface area (Å²) in [6, 6.07) is 2.80. The Labute approximate surface area is 132 Å². The monoisotopic (exact) mass is 308 g/mol. The molecule has 0 saturated carbocycles. The van der Waals surface area contributed by atoms with Crippen molar-refractivity contribution in [2.75, 3.05) is 19.7 Å². The molecule has 0 amide bonds. The summed E-state index contributed by atoms with van der Waals surface area (Å²) in [6.45, 7) is 7.35. The van der Waals surface area contributed by atoms with Gasteiger partial charge in [-0.3, -0.25) is 4.90 Å². The van der Waals surface area contributed by atoms with E-state index in [-0.39, 0.29) is 5.54 Å². The molecule has 3 nitrogen and oxygen atoms in total. The average molecular weight is 308 g/mol. The summed E-state index contributed by atoms with van der Waals surface area (Å²) in [5, 5.41) is 2.24. The van der Waals surface area contributed by atoms with Gasteiger partial charge in [0, 0.05) is 36.2 Å². The van der Waals surface area contributed by atoms with Crippen LogP contribution in [-0.2, 0) is 11.2 Å². The van der Waals surface area contributed by atoms with Crippen LogP contribution in [0.1, 0.15) is 56.0 Å². The van der Waals surface area contributed by atoms with Crippen molar-refractivity contribution in [3.05, 3.63) is 21.9 Å². The highest BCUT2D eigenvalue weighted by Crippen LogP contribution is 2.41. The molecule has 0 aliphatic carbocycles. The van der Waals surface area contributed by atoms with Crippen molar-refractivity contribution < 1.29 is 4.74 Å². The molecule has 1 saturated heterocycles. The van der Waals surface area contributed by atoms with Crippen LogP contribution in [0.15, 0.2) is 11.4 Å². The number of nitrogens with two attached hydrogens (primary N) is 1. The predicted octanol–water partition coefficient (Wildman–Crippen LogP) is 3.34. The number of hydrogen-bond acceptors (Lipinski definition) is 4. The quantitative estimate of drug-likeness (QED) is 0.927. The first-order chi connectivity index (χ1) is 10.2. The molecule has 0 aromatic carbocycles. The molecule has 2 aliphatic heterocycles. The van der Waals surface area contributed by atoms with E-state index in [4.69, 9.17) is 10.5 Å². The van der Waals surface area contributed by atoms with Gasteiger partial charge in [-0.05, 0) is 49.6 Å².